The molecule has 0 amide bonds. The van der Waals surface area contributed by atoms with Crippen molar-refractivity contribution in [3.8, 4) is 0 Å². The Hall–Kier alpha value is -2.22. The van der Waals surface area contributed by atoms with Gasteiger partial charge in [-0.1, -0.05) is 0 Å². The largest absolute Gasteiger partial charge is 0.481 e. The first kappa shape index (κ1) is 15.8. The van der Waals surface area contributed by atoms with E-state index >= 15 is 0 Å². The molecule has 0 aliphatic rings. The summed E-state index contributed by atoms with van der Waals surface area (Å²) < 4.78 is 4.80. The second-order valence-electron chi connectivity index (χ2n) is 3.07. The van der Waals surface area contributed by atoms with E-state index in [9.17, 15) is 10.1 Å². The van der Waals surface area contributed by atoms with Gasteiger partial charge in [-0.05, 0) is 6.07 Å². The lowest BCUT2D eigenvalue weighted by molar-refractivity contribution is -0.384. The first-order chi connectivity index (χ1) is 8.49. The zero-order valence-electron chi connectivity index (χ0n) is 10.1. The van der Waals surface area contributed by atoms with E-state index < -0.39 is 10.9 Å². The summed E-state index contributed by atoms with van der Waals surface area (Å²) in [5.74, 6) is -0.561. The summed E-state index contributed by atoms with van der Waals surface area (Å²) in [7, 11) is 1.56. The topological polar surface area (TPSA) is 115 Å². The fourth-order valence-corrected chi connectivity index (χ4v) is 0.952. The van der Waals surface area contributed by atoms with Crippen molar-refractivity contribution in [3.05, 3.63) is 28.4 Å². The molecular formula is C10H15N3O5. The van der Waals surface area contributed by atoms with Gasteiger partial charge in [0.15, 0.2) is 0 Å². The van der Waals surface area contributed by atoms with Crippen molar-refractivity contribution in [1.29, 1.82) is 0 Å². The Morgan fingerprint density at radius 1 is 1.67 bits per heavy atom. The summed E-state index contributed by atoms with van der Waals surface area (Å²) in [6.45, 7) is 2.06. The van der Waals surface area contributed by atoms with E-state index in [-0.39, 0.29) is 11.5 Å². The minimum atomic E-state index is -0.833. The number of aliphatic carboxylic acids is 1. The SMILES string of the molecule is CC(=O)O.COCCNc1ncccc1[N+](=O)[O-]. The predicted octanol–water partition coefficient (Wildman–Crippen LogP) is 1.14. The second kappa shape index (κ2) is 8.88. The second-order valence-corrected chi connectivity index (χ2v) is 3.07. The maximum absolute atomic E-state index is 10.5. The van der Waals surface area contributed by atoms with Gasteiger partial charge in [-0.25, -0.2) is 4.98 Å². The van der Waals surface area contributed by atoms with Crippen LogP contribution >= 0.6 is 0 Å². The molecule has 100 valence electrons. The number of nitrogens with one attached hydrogen (secondary N) is 1. The minimum Gasteiger partial charge on any atom is -0.481 e. The molecule has 0 aromatic carbocycles. The summed E-state index contributed by atoms with van der Waals surface area (Å²) in [5, 5.41) is 20.8. The molecule has 1 aromatic heterocycles. The van der Waals surface area contributed by atoms with Crippen LogP contribution < -0.4 is 5.32 Å². The number of pyridine rings is 1. The van der Waals surface area contributed by atoms with Crippen LogP contribution in [0.1, 0.15) is 6.92 Å². The normalized spacial score (nSPS) is 9.00. The summed E-state index contributed by atoms with van der Waals surface area (Å²) in [4.78, 5) is 22.9. The fraction of sp³-hybridized carbons (Fsp3) is 0.400. The smallest absolute Gasteiger partial charge is 0.311 e. The first-order valence-corrected chi connectivity index (χ1v) is 5.00. The molecule has 0 aliphatic heterocycles. The zero-order valence-corrected chi connectivity index (χ0v) is 10.1. The fourth-order valence-electron chi connectivity index (χ4n) is 0.952. The average Bonchev–Trinajstić information content (AvgIpc) is 2.29. The third-order valence-electron chi connectivity index (χ3n) is 1.58. The average molecular weight is 257 g/mol. The Morgan fingerprint density at radius 3 is 2.78 bits per heavy atom. The van der Waals surface area contributed by atoms with Gasteiger partial charge in [-0.15, -0.1) is 0 Å². The van der Waals surface area contributed by atoms with E-state index in [0.29, 0.717) is 13.2 Å². The van der Waals surface area contributed by atoms with Crippen molar-refractivity contribution in [2.75, 3.05) is 25.6 Å². The van der Waals surface area contributed by atoms with Crippen LogP contribution in [0.3, 0.4) is 0 Å². The number of rotatable bonds is 5. The Morgan fingerprint density at radius 2 is 2.28 bits per heavy atom. The van der Waals surface area contributed by atoms with Gasteiger partial charge in [0.2, 0.25) is 5.82 Å². The van der Waals surface area contributed by atoms with Gasteiger partial charge in [0.05, 0.1) is 11.5 Å². The number of carboxylic acids is 1. The zero-order chi connectivity index (χ0) is 14.0. The maximum Gasteiger partial charge on any atom is 0.311 e. The quantitative estimate of drug-likeness (QED) is 0.461. The number of hydrogen-bond acceptors (Lipinski definition) is 6. The molecule has 0 radical (unpaired) electrons. The number of ether oxygens (including phenoxy) is 1. The summed E-state index contributed by atoms with van der Waals surface area (Å²) >= 11 is 0. The summed E-state index contributed by atoms with van der Waals surface area (Å²) in [6, 6.07) is 2.93. The lowest BCUT2D eigenvalue weighted by atomic mass is 10.4. The highest BCUT2D eigenvalue weighted by Crippen LogP contribution is 2.19. The van der Waals surface area contributed by atoms with Crippen LogP contribution in [0.15, 0.2) is 18.3 Å². The lowest BCUT2D eigenvalue weighted by Gasteiger charge is -2.04. The van der Waals surface area contributed by atoms with Crippen molar-refractivity contribution in [2.24, 2.45) is 0 Å². The van der Waals surface area contributed by atoms with E-state index in [1.807, 2.05) is 0 Å². The van der Waals surface area contributed by atoms with E-state index in [1.54, 1.807) is 7.11 Å². The third-order valence-corrected chi connectivity index (χ3v) is 1.58. The number of carbonyl (C=O) groups is 1. The van der Waals surface area contributed by atoms with Crippen LogP contribution in [0.25, 0.3) is 0 Å². The van der Waals surface area contributed by atoms with Crippen LogP contribution in [0.5, 0.6) is 0 Å². The van der Waals surface area contributed by atoms with Crippen molar-refractivity contribution in [1.82, 2.24) is 4.98 Å². The van der Waals surface area contributed by atoms with Gasteiger partial charge in [0, 0.05) is 32.8 Å². The molecule has 8 nitrogen and oxygen atoms in total. The molecule has 2 N–H and O–H groups in total. The molecule has 0 fully saturated rings. The van der Waals surface area contributed by atoms with Crippen LogP contribution in [0.2, 0.25) is 0 Å². The van der Waals surface area contributed by atoms with Crippen molar-refractivity contribution in [3.63, 3.8) is 0 Å². The predicted molar refractivity (Wildman–Crippen MR) is 64.6 cm³/mol. The van der Waals surface area contributed by atoms with E-state index in [0.717, 1.165) is 6.92 Å². The van der Waals surface area contributed by atoms with Crippen molar-refractivity contribution >= 4 is 17.5 Å². The van der Waals surface area contributed by atoms with Crippen LogP contribution in [0.4, 0.5) is 11.5 Å². The van der Waals surface area contributed by atoms with Gasteiger partial charge in [-0.2, -0.15) is 0 Å². The highest BCUT2D eigenvalue weighted by atomic mass is 16.6. The molecule has 0 spiro atoms. The van der Waals surface area contributed by atoms with E-state index in [2.05, 4.69) is 10.3 Å². The van der Waals surface area contributed by atoms with Crippen LogP contribution in [0, 0.1) is 10.1 Å². The summed E-state index contributed by atoms with van der Waals surface area (Å²) in [6.07, 6.45) is 1.50. The Labute approximate surface area is 104 Å². The van der Waals surface area contributed by atoms with E-state index in [1.165, 1.54) is 18.3 Å². The first-order valence-electron chi connectivity index (χ1n) is 5.00. The van der Waals surface area contributed by atoms with Gasteiger partial charge < -0.3 is 15.2 Å². The molecule has 1 rings (SSSR count). The number of anilines is 1. The van der Waals surface area contributed by atoms with Gasteiger partial charge >= 0.3 is 5.69 Å². The number of nitro groups is 1. The molecule has 0 saturated carbocycles. The molecular weight excluding hydrogens is 242 g/mol. The molecule has 1 aromatic rings. The molecule has 0 atom stereocenters. The van der Waals surface area contributed by atoms with Gasteiger partial charge in [0.1, 0.15) is 0 Å². The molecule has 1 heterocycles. The van der Waals surface area contributed by atoms with E-state index in [4.69, 9.17) is 14.6 Å². The monoisotopic (exact) mass is 257 g/mol. The van der Waals surface area contributed by atoms with Crippen molar-refractivity contribution < 1.29 is 19.6 Å². The summed E-state index contributed by atoms with van der Waals surface area (Å²) in [5.41, 5.74) is -0.0244. The molecule has 0 saturated heterocycles. The maximum atomic E-state index is 10.5. The lowest BCUT2D eigenvalue weighted by Crippen LogP contribution is -2.10. The number of aromatic nitrogens is 1. The van der Waals surface area contributed by atoms with Crippen molar-refractivity contribution in [2.45, 2.75) is 6.92 Å². The Bertz CT molecular complexity index is 393. The van der Waals surface area contributed by atoms with Gasteiger partial charge in [-0.3, -0.25) is 14.9 Å². The Kier molecular flexibility index (Phi) is 7.78. The number of methoxy groups -OCH3 is 1. The molecule has 0 unspecified atom stereocenters. The van der Waals surface area contributed by atoms with Gasteiger partial charge in [0.25, 0.3) is 5.97 Å². The van der Waals surface area contributed by atoms with Crippen LogP contribution in [-0.4, -0.2) is 41.2 Å². The number of nitrogens with zero attached hydrogens (tertiary/aromatic N) is 2. The molecule has 0 bridgehead atoms. The highest BCUT2D eigenvalue weighted by molar-refractivity contribution is 5.62. The number of hydrogen-bond donors (Lipinski definition) is 2. The molecule has 8 heteroatoms. The minimum absolute atomic E-state index is 0.0244. The third kappa shape index (κ3) is 7.12. The number of carboxylic acid groups (broad SMARTS) is 1. The molecule has 0 aliphatic carbocycles. The van der Waals surface area contributed by atoms with Crippen LogP contribution in [-0.2, 0) is 9.53 Å². The highest BCUT2D eigenvalue weighted by Gasteiger charge is 2.12. The standard InChI is InChI=1S/C8H11N3O3.C2H4O2/c1-14-6-5-10-8-7(11(12)13)3-2-4-9-8;1-2(3)4/h2-4H,5-6H2,1H3,(H,9,10);1H3,(H,3,4). The Balaban J connectivity index is 0.000000631. The molecule has 18 heavy (non-hydrogen) atoms.